The fourth-order valence-electron chi connectivity index (χ4n) is 2.64. The highest BCUT2D eigenvalue weighted by Crippen LogP contribution is 2.44. The third-order valence-electron chi connectivity index (χ3n) is 4.64. The monoisotopic (exact) mass is 450 g/mol. The van der Waals surface area contributed by atoms with Gasteiger partial charge in [-0.1, -0.05) is 19.0 Å². The van der Waals surface area contributed by atoms with E-state index in [0.717, 1.165) is 56.2 Å². The van der Waals surface area contributed by atoms with E-state index >= 15 is 0 Å². The summed E-state index contributed by atoms with van der Waals surface area (Å²) in [6.45, 7) is 8.63. The standard InChI is InChI=1S/C17H30N4O2.HI/c1-4-13(5-2)15-9-14(23-21-15)10-19-16(18-6-3)20-11-17(12-22)7-8-17;/h9,13,22H,4-8,10-12H2,1-3H3,(H2,18,19,20);1H. The third kappa shape index (κ3) is 5.91. The van der Waals surface area contributed by atoms with Gasteiger partial charge in [-0.2, -0.15) is 0 Å². The zero-order valence-electron chi connectivity index (χ0n) is 15.0. The third-order valence-corrected chi connectivity index (χ3v) is 4.64. The quantitative estimate of drug-likeness (QED) is 0.306. The number of hydrogen-bond acceptors (Lipinski definition) is 4. The molecule has 1 saturated carbocycles. The van der Waals surface area contributed by atoms with Crippen LogP contribution in [-0.4, -0.2) is 35.9 Å². The molecule has 3 N–H and O–H groups in total. The minimum Gasteiger partial charge on any atom is -0.396 e. The van der Waals surface area contributed by atoms with E-state index in [1.165, 1.54) is 0 Å². The lowest BCUT2D eigenvalue weighted by atomic mass is 9.99. The minimum atomic E-state index is 0. The number of nitrogens with one attached hydrogen (secondary N) is 2. The van der Waals surface area contributed by atoms with Crippen LogP contribution in [0.3, 0.4) is 0 Å². The molecule has 7 heteroatoms. The molecule has 0 aromatic carbocycles. The number of halogens is 1. The van der Waals surface area contributed by atoms with Gasteiger partial charge < -0.3 is 20.3 Å². The van der Waals surface area contributed by atoms with Crippen LogP contribution in [0, 0.1) is 5.41 Å². The Morgan fingerprint density at radius 1 is 1.33 bits per heavy atom. The van der Waals surface area contributed by atoms with Gasteiger partial charge in [0.1, 0.15) is 6.54 Å². The van der Waals surface area contributed by atoms with Gasteiger partial charge in [0.05, 0.1) is 12.3 Å². The Morgan fingerprint density at radius 3 is 2.58 bits per heavy atom. The Hall–Kier alpha value is -0.830. The molecule has 0 spiro atoms. The van der Waals surface area contributed by atoms with Crippen LogP contribution in [0.2, 0.25) is 0 Å². The van der Waals surface area contributed by atoms with Crippen LogP contribution >= 0.6 is 24.0 Å². The predicted octanol–water partition coefficient (Wildman–Crippen LogP) is 3.02. The first-order valence-electron chi connectivity index (χ1n) is 8.75. The lowest BCUT2D eigenvalue weighted by Gasteiger charge is -2.16. The molecule has 1 aromatic heterocycles. The highest BCUT2D eigenvalue weighted by Gasteiger charge is 2.41. The van der Waals surface area contributed by atoms with Gasteiger partial charge in [-0.3, -0.25) is 0 Å². The minimum absolute atomic E-state index is 0. The van der Waals surface area contributed by atoms with Gasteiger partial charge in [-0.05, 0) is 32.6 Å². The van der Waals surface area contributed by atoms with Gasteiger partial charge in [0.2, 0.25) is 0 Å². The zero-order chi connectivity index (χ0) is 16.7. The number of rotatable bonds is 9. The van der Waals surface area contributed by atoms with Gasteiger partial charge in [0.25, 0.3) is 0 Å². The van der Waals surface area contributed by atoms with Crippen LogP contribution in [0.4, 0.5) is 0 Å². The highest BCUT2D eigenvalue weighted by molar-refractivity contribution is 14.0. The summed E-state index contributed by atoms with van der Waals surface area (Å²) in [7, 11) is 0. The molecule has 0 bridgehead atoms. The van der Waals surface area contributed by atoms with Gasteiger partial charge in [-0.25, -0.2) is 4.99 Å². The molecule has 24 heavy (non-hydrogen) atoms. The van der Waals surface area contributed by atoms with Crippen molar-refractivity contribution in [2.45, 2.75) is 58.9 Å². The molecule has 1 fully saturated rings. The van der Waals surface area contributed by atoms with Crippen molar-refractivity contribution < 1.29 is 9.63 Å². The molecule has 0 atom stereocenters. The fraction of sp³-hybridized carbons (Fsp3) is 0.765. The van der Waals surface area contributed by atoms with Gasteiger partial charge >= 0.3 is 0 Å². The van der Waals surface area contributed by atoms with E-state index in [-0.39, 0.29) is 36.0 Å². The number of aliphatic hydroxyl groups is 1. The Bertz CT molecular complexity index is 510. The normalized spacial score (nSPS) is 16.0. The summed E-state index contributed by atoms with van der Waals surface area (Å²) < 4.78 is 5.40. The van der Waals surface area contributed by atoms with E-state index in [9.17, 15) is 5.11 Å². The lowest BCUT2D eigenvalue weighted by molar-refractivity contribution is 0.212. The first-order valence-corrected chi connectivity index (χ1v) is 8.75. The number of hydrogen-bond donors (Lipinski definition) is 3. The molecule has 0 radical (unpaired) electrons. The maximum Gasteiger partial charge on any atom is 0.191 e. The van der Waals surface area contributed by atoms with E-state index in [1.807, 2.05) is 13.0 Å². The van der Waals surface area contributed by atoms with Crippen molar-refractivity contribution in [2.24, 2.45) is 10.4 Å². The van der Waals surface area contributed by atoms with E-state index in [2.05, 4.69) is 34.6 Å². The summed E-state index contributed by atoms with van der Waals surface area (Å²) >= 11 is 0. The smallest absolute Gasteiger partial charge is 0.191 e. The van der Waals surface area contributed by atoms with Gasteiger partial charge in [0, 0.05) is 30.5 Å². The number of guanidine groups is 1. The average molecular weight is 450 g/mol. The Kier molecular flexibility index (Phi) is 9.04. The summed E-state index contributed by atoms with van der Waals surface area (Å²) in [5.41, 5.74) is 1.08. The molecule has 2 rings (SSSR count). The molecule has 1 aliphatic carbocycles. The second-order valence-corrected chi connectivity index (χ2v) is 6.44. The second kappa shape index (κ2) is 10.2. The first kappa shape index (κ1) is 21.2. The molecule has 1 aromatic rings. The van der Waals surface area contributed by atoms with E-state index in [0.29, 0.717) is 12.5 Å². The Labute approximate surface area is 161 Å². The van der Waals surface area contributed by atoms with Crippen molar-refractivity contribution in [1.29, 1.82) is 0 Å². The highest BCUT2D eigenvalue weighted by atomic mass is 127. The first-order chi connectivity index (χ1) is 11.2. The van der Waals surface area contributed by atoms with Crippen LogP contribution < -0.4 is 10.6 Å². The van der Waals surface area contributed by atoms with E-state index in [4.69, 9.17) is 4.52 Å². The molecule has 0 unspecified atom stereocenters. The van der Waals surface area contributed by atoms with Crippen LogP contribution in [0.1, 0.15) is 63.8 Å². The molecule has 6 nitrogen and oxygen atoms in total. The number of nitrogens with zero attached hydrogens (tertiary/aromatic N) is 2. The fourth-order valence-corrected chi connectivity index (χ4v) is 2.64. The summed E-state index contributed by atoms with van der Waals surface area (Å²) in [4.78, 5) is 4.55. The van der Waals surface area contributed by atoms with Crippen molar-refractivity contribution >= 4 is 29.9 Å². The maximum atomic E-state index is 9.39. The molecular formula is C17H31IN4O2. The van der Waals surface area contributed by atoms with Crippen LogP contribution in [0.15, 0.2) is 15.6 Å². The number of aliphatic imine (C=N–C) groups is 1. The second-order valence-electron chi connectivity index (χ2n) is 6.44. The van der Waals surface area contributed by atoms with E-state index < -0.39 is 0 Å². The largest absolute Gasteiger partial charge is 0.396 e. The van der Waals surface area contributed by atoms with Crippen molar-refractivity contribution in [2.75, 3.05) is 19.7 Å². The molecule has 0 amide bonds. The number of aromatic nitrogens is 1. The SMILES string of the molecule is CCNC(=NCc1cc(C(CC)CC)no1)NCC1(CO)CC1.I. The van der Waals surface area contributed by atoms with Crippen molar-refractivity contribution in [1.82, 2.24) is 15.8 Å². The summed E-state index contributed by atoms with van der Waals surface area (Å²) in [5.74, 6) is 2.00. The van der Waals surface area contributed by atoms with Gasteiger partial charge in [-0.15, -0.1) is 24.0 Å². The maximum absolute atomic E-state index is 9.39. The molecule has 1 heterocycles. The average Bonchev–Trinajstić information content (AvgIpc) is 3.21. The Morgan fingerprint density at radius 2 is 2.04 bits per heavy atom. The van der Waals surface area contributed by atoms with Crippen LogP contribution in [-0.2, 0) is 6.54 Å². The molecule has 1 aliphatic rings. The molecule has 0 saturated heterocycles. The Balaban J connectivity index is 0.00000288. The van der Waals surface area contributed by atoms with Crippen molar-refractivity contribution in [3.05, 3.63) is 17.5 Å². The number of aliphatic hydroxyl groups excluding tert-OH is 1. The van der Waals surface area contributed by atoms with Gasteiger partial charge in [0.15, 0.2) is 11.7 Å². The lowest BCUT2D eigenvalue weighted by Crippen LogP contribution is -2.41. The van der Waals surface area contributed by atoms with Crippen molar-refractivity contribution in [3.63, 3.8) is 0 Å². The van der Waals surface area contributed by atoms with Crippen molar-refractivity contribution in [3.8, 4) is 0 Å². The topological polar surface area (TPSA) is 82.7 Å². The van der Waals surface area contributed by atoms with Crippen LogP contribution in [0.5, 0.6) is 0 Å². The molecule has 138 valence electrons. The molecule has 0 aliphatic heterocycles. The molecular weight excluding hydrogens is 419 g/mol. The summed E-state index contributed by atoms with van der Waals surface area (Å²) in [5, 5.41) is 20.1. The summed E-state index contributed by atoms with van der Waals surface area (Å²) in [6, 6.07) is 2.01. The predicted molar refractivity (Wildman–Crippen MR) is 107 cm³/mol. The van der Waals surface area contributed by atoms with E-state index in [1.54, 1.807) is 0 Å². The zero-order valence-corrected chi connectivity index (χ0v) is 17.3. The summed E-state index contributed by atoms with van der Waals surface area (Å²) in [6.07, 6.45) is 4.30. The van der Waals surface area contributed by atoms with Crippen LogP contribution in [0.25, 0.3) is 0 Å².